The quantitative estimate of drug-likeness (QED) is 0.852. The summed E-state index contributed by atoms with van der Waals surface area (Å²) >= 11 is 0. The molecule has 1 atom stereocenters. The second-order valence-electron chi connectivity index (χ2n) is 7.39. The number of likely N-dealkylation sites (tertiary alicyclic amines) is 2. The summed E-state index contributed by atoms with van der Waals surface area (Å²) in [7, 11) is 0. The molecule has 5 nitrogen and oxygen atoms in total. The molecule has 0 aromatic carbocycles. The second-order valence-corrected chi connectivity index (χ2v) is 7.39. The van der Waals surface area contributed by atoms with E-state index >= 15 is 0 Å². The van der Waals surface area contributed by atoms with E-state index in [1.165, 1.54) is 12.8 Å². The number of hydrogen-bond donors (Lipinski definition) is 0. The van der Waals surface area contributed by atoms with Crippen LogP contribution in [0.5, 0.6) is 0 Å². The molecule has 2 amide bonds. The number of carbonyl (C=O) groups excluding carboxylic acids is 2. The van der Waals surface area contributed by atoms with Crippen LogP contribution in [0.2, 0.25) is 0 Å². The molecule has 4 rings (SSSR count). The van der Waals surface area contributed by atoms with E-state index in [0.717, 1.165) is 31.4 Å². The Kier molecular flexibility index (Phi) is 4.25. The number of hydrogen-bond acceptors (Lipinski definition) is 3. The number of carbonyl (C=O) groups is 2. The smallest absolute Gasteiger partial charge is 0.230 e. The Bertz CT molecular complexity index is 606. The van der Waals surface area contributed by atoms with Gasteiger partial charge in [-0.15, -0.1) is 0 Å². The largest absolute Gasteiger partial charge is 0.338 e. The topological polar surface area (TPSA) is 53.5 Å². The summed E-state index contributed by atoms with van der Waals surface area (Å²) in [6, 6.07) is 4.22. The van der Waals surface area contributed by atoms with Gasteiger partial charge in [-0.1, -0.05) is 12.8 Å². The fraction of sp³-hybridized carbons (Fsp3) is 0.632. The Hall–Kier alpha value is -1.91. The van der Waals surface area contributed by atoms with Crippen LogP contribution in [0, 0.1) is 5.92 Å². The normalized spacial score (nSPS) is 23.6. The monoisotopic (exact) mass is 327 g/mol. The van der Waals surface area contributed by atoms with Crippen molar-refractivity contribution in [2.75, 3.05) is 19.6 Å². The van der Waals surface area contributed by atoms with E-state index in [1.807, 2.05) is 21.9 Å². The SMILES string of the molecule is O=C(C(c1ccncc1)C1CCCC1)N1CC(N2CCCC2=O)C1. The Balaban J connectivity index is 1.46. The van der Waals surface area contributed by atoms with Gasteiger partial charge >= 0.3 is 0 Å². The molecule has 1 aromatic heterocycles. The molecule has 2 aliphatic heterocycles. The van der Waals surface area contributed by atoms with Crippen LogP contribution in [-0.4, -0.2) is 52.3 Å². The lowest BCUT2D eigenvalue weighted by Crippen LogP contribution is -2.62. The minimum absolute atomic E-state index is 0.0364. The molecule has 1 aliphatic carbocycles. The first kappa shape index (κ1) is 15.6. The molecule has 3 aliphatic rings. The minimum Gasteiger partial charge on any atom is -0.338 e. The molecular formula is C19H25N3O2. The van der Waals surface area contributed by atoms with Gasteiger partial charge in [0.15, 0.2) is 0 Å². The third-order valence-electron chi connectivity index (χ3n) is 5.93. The molecule has 5 heteroatoms. The predicted octanol–water partition coefficient (Wildman–Crippen LogP) is 2.19. The van der Waals surface area contributed by atoms with Crippen LogP contribution < -0.4 is 0 Å². The van der Waals surface area contributed by atoms with Gasteiger partial charge in [-0.3, -0.25) is 14.6 Å². The molecule has 0 spiro atoms. The number of nitrogens with zero attached hydrogens (tertiary/aromatic N) is 3. The lowest BCUT2D eigenvalue weighted by molar-refractivity contribution is -0.146. The number of amides is 2. The van der Waals surface area contributed by atoms with Crippen molar-refractivity contribution in [2.45, 2.75) is 50.5 Å². The van der Waals surface area contributed by atoms with Crippen molar-refractivity contribution in [1.29, 1.82) is 0 Å². The first-order valence-corrected chi connectivity index (χ1v) is 9.22. The third kappa shape index (κ3) is 2.80. The Morgan fingerprint density at radius 1 is 1.12 bits per heavy atom. The molecule has 0 N–H and O–H groups in total. The average molecular weight is 327 g/mol. The first-order valence-electron chi connectivity index (χ1n) is 9.22. The Morgan fingerprint density at radius 3 is 2.46 bits per heavy atom. The van der Waals surface area contributed by atoms with Gasteiger partial charge in [-0.2, -0.15) is 0 Å². The Morgan fingerprint density at radius 2 is 1.83 bits per heavy atom. The van der Waals surface area contributed by atoms with Gasteiger partial charge < -0.3 is 9.80 Å². The lowest BCUT2D eigenvalue weighted by Gasteiger charge is -2.45. The summed E-state index contributed by atoms with van der Waals surface area (Å²) in [4.78, 5) is 33.0. The standard InChI is InChI=1S/C19H25N3O2/c23-17-6-3-11-22(17)16-12-21(13-16)19(24)18(14-4-1-2-5-14)15-7-9-20-10-8-15/h7-10,14,16,18H,1-6,11-13H2. The van der Waals surface area contributed by atoms with Crippen LogP contribution in [0.4, 0.5) is 0 Å². The molecule has 0 radical (unpaired) electrons. The van der Waals surface area contributed by atoms with E-state index in [9.17, 15) is 9.59 Å². The van der Waals surface area contributed by atoms with Gasteiger partial charge in [0.2, 0.25) is 11.8 Å². The van der Waals surface area contributed by atoms with Gasteiger partial charge in [0, 0.05) is 38.4 Å². The lowest BCUT2D eigenvalue weighted by atomic mass is 9.83. The number of rotatable bonds is 4. The van der Waals surface area contributed by atoms with Crippen molar-refractivity contribution in [1.82, 2.24) is 14.8 Å². The van der Waals surface area contributed by atoms with Gasteiger partial charge in [-0.25, -0.2) is 0 Å². The van der Waals surface area contributed by atoms with Crippen LogP contribution in [0.3, 0.4) is 0 Å². The highest BCUT2D eigenvalue weighted by molar-refractivity contribution is 5.85. The molecule has 3 heterocycles. The third-order valence-corrected chi connectivity index (χ3v) is 5.93. The average Bonchev–Trinajstić information content (AvgIpc) is 3.20. The van der Waals surface area contributed by atoms with E-state index in [0.29, 0.717) is 25.4 Å². The summed E-state index contributed by atoms with van der Waals surface area (Å²) in [5, 5.41) is 0. The van der Waals surface area contributed by atoms with Crippen molar-refractivity contribution >= 4 is 11.8 Å². The summed E-state index contributed by atoms with van der Waals surface area (Å²) in [6.45, 7) is 2.28. The molecular weight excluding hydrogens is 302 g/mol. The maximum absolute atomic E-state index is 13.2. The zero-order valence-electron chi connectivity index (χ0n) is 14.1. The highest BCUT2D eigenvalue weighted by Gasteiger charge is 2.42. The highest BCUT2D eigenvalue weighted by Crippen LogP contribution is 2.39. The van der Waals surface area contributed by atoms with Gasteiger partial charge in [0.1, 0.15) is 0 Å². The van der Waals surface area contributed by atoms with Crippen molar-refractivity contribution in [2.24, 2.45) is 5.92 Å². The molecule has 1 aromatic rings. The maximum Gasteiger partial charge on any atom is 0.230 e. The molecule has 3 fully saturated rings. The highest BCUT2D eigenvalue weighted by atomic mass is 16.2. The van der Waals surface area contributed by atoms with E-state index in [1.54, 1.807) is 12.4 Å². The van der Waals surface area contributed by atoms with Crippen molar-refractivity contribution in [3.05, 3.63) is 30.1 Å². The molecule has 128 valence electrons. The van der Waals surface area contributed by atoms with Crippen molar-refractivity contribution in [3.8, 4) is 0 Å². The van der Waals surface area contributed by atoms with Crippen LogP contribution in [-0.2, 0) is 9.59 Å². The summed E-state index contributed by atoms with van der Waals surface area (Å²) in [6.07, 6.45) is 9.94. The van der Waals surface area contributed by atoms with Gasteiger partial charge in [-0.05, 0) is 42.9 Å². The van der Waals surface area contributed by atoms with Gasteiger partial charge in [0.25, 0.3) is 0 Å². The van der Waals surface area contributed by atoms with Crippen LogP contribution in [0.1, 0.15) is 50.0 Å². The zero-order chi connectivity index (χ0) is 16.5. The minimum atomic E-state index is -0.0364. The van der Waals surface area contributed by atoms with Gasteiger partial charge in [0.05, 0.1) is 12.0 Å². The molecule has 24 heavy (non-hydrogen) atoms. The summed E-state index contributed by atoms with van der Waals surface area (Å²) in [5.41, 5.74) is 1.10. The van der Waals surface area contributed by atoms with Crippen LogP contribution >= 0.6 is 0 Å². The second kappa shape index (κ2) is 6.54. The van der Waals surface area contributed by atoms with Crippen molar-refractivity contribution in [3.63, 3.8) is 0 Å². The number of aromatic nitrogens is 1. The van der Waals surface area contributed by atoms with Crippen LogP contribution in [0.25, 0.3) is 0 Å². The fourth-order valence-electron chi connectivity index (χ4n) is 4.56. The van der Waals surface area contributed by atoms with E-state index in [2.05, 4.69) is 4.98 Å². The number of pyridine rings is 1. The molecule has 1 unspecified atom stereocenters. The van der Waals surface area contributed by atoms with E-state index in [-0.39, 0.29) is 23.8 Å². The van der Waals surface area contributed by atoms with Crippen molar-refractivity contribution < 1.29 is 9.59 Å². The van der Waals surface area contributed by atoms with E-state index < -0.39 is 0 Å². The summed E-state index contributed by atoms with van der Waals surface area (Å²) in [5.74, 6) is 0.919. The molecule has 2 saturated heterocycles. The first-order chi connectivity index (χ1) is 11.7. The predicted molar refractivity (Wildman–Crippen MR) is 90.3 cm³/mol. The maximum atomic E-state index is 13.2. The van der Waals surface area contributed by atoms with Crippen LogP contribution in [0.15, 0.2) is 24.5 Å². The summed E-state index contributed by atoms with van der Waals surface area (Å²) < 4.78 is 0. The molecule has 1 saturated carbocycles. The fourth-order valence-corrected chi connectivity index (χ4v) is 4.56. The molecule has 0 bridgehead atoms. The van der Waals surface area contributed by atoms with E-state index in [4.69, 9.17) is 0 Å². The Labute approximate surface area is 143 Å². The zero-order valence-corrected chi connectivity index (χ0v) is 14.1.